The number of hydrogen-bond acceptors (Lipinski definition) is 3. The van der Waals surface area contributed by atoms with Crippen molar-refractivity contribution in [3.8, 4) is 5.75 Å². The van der Waals surface area contributed by atoms with E-state index in [-0.39, 0.29) is 11.4 Å². The van der Waals surface area contributed by atoms with E-state index in [2.05, 4.69) is 10.6 Å². The fraction of sp³-hybridized carbons (Fsp3) is 0.273. The van der Waals surface area contributed by atoms with Crippen LogP contribution >= 0.6 is 0 Å². The minimum absolute atomic E-state index is 0.0702. The van der Waals surface area contributed by atoms with Gasteiger partial charge in [0.2, 0.25) is 0 Å². The number of nitrogens with one attached hydrogen (secondary N) is 2. The van der Waals surface area contributed by atoms with Gasteiger partial charge in [-0.1, -0.05) is 19.1 Å². The average Bonchev–Trinajstić information content (AvgIpc) is 2.28. The molecule has 0 aliphatic carbocycles. The quantitative estimate of drug-likeness (QED) is 0.524. The molecule has 0 atom stereocenters. The van der Waals surface area contributed by atoms with E-state index < -0.39 is 11.8 Å². The molecular formula is C11H14N2O3. The van der Waals surface area contributed by atoms with Gasteiger partial charge in [-0.25, -0.2) is 0 Å². The molecule has 0 aliphatic rings. The molecule has 2 amide bonds. The lowest BCUT2D eigenvalue weighted by Gasteiger charge is -2.06. The third kappa shape index (κ3) is 3.27. The maximum atomic E-state index is 11.3. The van der Waals surface area contributed by atoms with Gasteiger partial charge in [-0.2, -0.15) is 0 Å². The molecule has 0 unspecified atom stereocenters. The second kappa shape index (κ2) is 5.75. The summed E-state index contributed by atoms with van der Waals surface area (Å²) in [4.78, 5) is 22.5. The number of carbonyl (C=O) groups excluding carboxylic acids is 2. The van der Waals surface area contributed by atoms with Crippen molar-refractivity contribution in [3.05, 3.63) is 24.3 Å². The summed E-state index contributed by atoms with van der Waals surface area (Å²) < 4.78 is 0. The lowest BCUT2D eigenvalue weighted by Crippen LogP contribution is -2.35. The van der Waals surface area contributed by atoms with Crippen LogP contribution in [0, 0.1) is 0 Å². The monoisotopic (exact) mass is 222 g/mol. The predicted molar refractivity (Wildman–Crippen MR) is 60.0 cm³/mol. The van der Waals surface area contributed by atoms with Crippen LogP contribution in [0.15, 0.2) is 24.3 Å². The zero-order chi connectivity index (χ0) is 12.0. The topological polar surface area (TPSA) is 78.4 Å². The molecule has 1 aromatic rings. The third-order valence-electron chi connectivity index (χ3n) is 1.89. The first-order valence-corrected chi connectivity index (χ1v) is 5.02. The zero-order valence-electron chi connectivity index (χ0n) is 8.99. The highest BCUT2D eigenvalue weighted by atomic mass is 16.3. The molecule has 86 valence electrons. The lowest BCUT2D eigenvalue weighted by atomic mass is 10.3. The van der Waals surface area contributed by atoms with E-state index in [1.165, 1.54) is 12.1 Å². The standard InChI is InChI=1S/C11H14N2O3/c1-2-7-12-10(15)11(16)13-8-5-3-4-6-9(8)14/h3-6,14H,2,7H2,1H3,(H,12,15)(H,13,16). The Labute approximate surface area is 93.5 Å². The number of phenolic OH excluding ortho intramolecular Hbond substituents is 1. The van der Waals surface area contributed by atoms with Crippen LogP contribution in [-0.2, 0) is 9.59 Å². The van der Waals surface area contributed by atoms with Gasteiger partial charge in [-0.05, 0) is 18.6 Å². The number of hydrogen-bond donors (Lipinski definition) is 3. The Balaban J connectivity index is 2.58. The molecule has 0 fully saturated rings. The smallest absolute Gasteiger partial charge is 0.313 e. The first-order valence-electron chi connectivity index (χ1n) is 5.02. The van der Waals surface area contributed by atoms with E-state index >= 15 is 0 Å². The van der Waals surface area contributed by atoms with E-state index in [9.17, 15) is 14.7 Å². The molecule has 0 saturated carbocycles. The summed E-state index contributed by atoms with van der Waals surface area (Å²) in [6.45, 7) is 2.34. The molecule has 0 aliphatic heterocycles. The normalized spacial score (nSPS) is 9.56. The van der Waals surface area contributed by atoms with E-state index in [4.69, 9.17) is 0 Å². The van der Waals surface area contributed by atoms with Crippen LogP contribution in [0.3, 0.4) is 0 Å². The maximum absolute atomic E-state index is 11.3. The molecule has 0 heterocycles. The van der Waals surface area contributed by atoms with E-state index in [0.717, 1.165) is 6.42 Å². The number of rotatable bonds is 3. The van der Waals surface area contributed by atoms with Gasteiger partial charge >= 0.3 is 11.8 Å². The van der Waals surface area contributed by atoms with Crippen LogP contribution < -0.4 is 10.6 Å². The van der Waals surface area contributed by atoms with Gasteiger partial charge in [0, 0.05) is 6.54 Å². The van der Waals surface area contributed by atoms with Crippen molar-refractivity contribution in [2.45, 2.75) is 13.3 Å². The Morgan fingerprint density at radius 3 is 2.56 bits per heavy atom. The average molecular weight is 222 g/mol. The van der Waals surface area contributed by atoms with Gasteiger partial charge in [0.25, 0.3) is 0 Å². The van der Waals surface area contributed by atoms with Gasteiger partial charge in [-0.15, -0.1) is 0 Å². The van der Waals surface area contributed by atoms with Gasteiger partial charge in [0.15, 0.2) is 0 Å². The van der Waals surface area contributed by atoms with Gasteiger partial charge in [0.1, 0.15) is 5.75 Å². The highest BCUT2D eigenvalue weighted by Crippen LogP contribution is 2.20. The van der Waals surface area contributed by atoms with Crippen molar-refractivity contribution in [1.82, 2.24) is 5.32 Å². The number of anilines is 1. The first-order chi connectivity index (χ1) is 7.65. The molecule has 0 radical (unpaired) electrons. The van der Waals surface area contributed by atoms with Crippen LogP contribution in [0.4, 0.5) is 5.69 Å². The van der Waals surface area contributed by atoms with Gasteiger partial charge in [0.05, 0.1) is 5.69 Å². The second-order valence-corrected chi connectivity index (χ2v) is 3.23. The predicted octanol–water partition coefficient (Wildman–Crippen LogP) is 0.857. The van der Waals surface area contributed by atoms with Crippen LogP contribution in [-0.4, -0.2) is 23.5 Å². The maximum Gasteiger partial charge on any atom is 0.313 e. The van der Waals surface area contributed by atoms with Gasteiger partial charge < -0.3 is 15.7 Å². The Bertz CT molecular complexity index is 391. The Morgan fingerprint density at radius 2 is 1.94 bits per heavy atom. The Kier molecular flexibility index (Phi) is 4.32. The number of amides is 2. The number of carbonyl (C=O) groups is 2. The Morgan fingerprint density at radius 1 is 1.25 bits per heavy atom. The van der Waals surface area contributed by atoms with E-state index in [1.807, 2.05) is 6.92 Å². The number of para-hydroxylation sites is 2. The summed E-state index contributed by atoms with van der Waals surface area (Å²) in [5.74, 6) is -1.56. The van der Waals surface area contributed by atoms with Crippen molar-refractivity contribution in [2.75, 3.05) is 11.9 Å². The van der Waals surface area contributed by atoms with Gasteiger partial charge in [-0.3, -0.25) is 9.59 Å². The fourth-order valence-electron chi connectivity index (χ4n) is 1.08. The summed E-state index contributed by atoms with van der Waals surface area (Å²) in [6, 6.07) is 6.22. The van der Waals surface area contributed by atoms with Crippen LogP contribution in [0.2, 0.25) is 0 Å². The first kappa shape index (κ1) is 12.0. The highest BCUT2D eigenvalue weighted by molar-refractivity contribution is 6.39. The molecular weight excluding hydrogens is 208 g/mol. The number of aromatic hydroxyl groups is 1. The van der Waals surface area contributed by atoms with Crippen molar-refractivity contribution < 1.29 is 14.7 Å². The summed E-state index contributed by atoms with van der Waals surface area (Å²) >= 11 is 0. The summed E-state index contributed by atoms with van der Waals surface area (Å²) in [7, 11) is 0. The summed E-state index contributed by atoms with van der Waals surface area (Å²) in [5.41, 5.74) is 0.221. The van der Waals surface area contributed by atoms with Crippen LogP contribution in [0.25, 0.3) is 0 Å². The summed E-state index contributed by atoms with van der Waals surface area (Å²) in [5, 5.41) is 14.1. The fourth-order valence-corrected chi connectivity index (χ4v) is 1.08. The molecule has 16 heavy (non-hydrogen) atoms. The zero-order valence-corrected chi connectivity index (χ0v) is 8.99. The molecule has 0 saturated heterocycles. The highest BCUT2D eigenvalue weighted by Gasteiger charge is 2.13. The molecule has 5 heteroatoms. The van der Waals surface area contributed by atoms with Crippen molar-refractivity contribution >= 4 is 17.5 Å². The second-order valence-electron chi connectivity index (χ2n) is 3.23. The van der Waals surface area contributed by atoms with Crippen molar-refractivity contribution in [3.63, 3.8) is 0 Å². The van der Waals surface area contributed by atoms with Crippen LogP contribution in [0.5, 0.6) is 5.75 Å². The molecule has 1 rings (SSSR count). The largest absolute Gasteiger partial charge is 0.506 e. The summed E-state index contributed by atoms with van der Waals surface area (Å²) in [6.07, 6.45) is 0.760. The third-order valence-corrected chi connectivity index (χ3v) is 1.89. The van der Waals surface area contributed by atoms with Crippen molar-refractivity contribution in [1.29, 1.82) is 0 Å². The molecule has 1 aromatic carbocycles. The SMILES string of the molecule is CCCNC(=O)C(=O)Nc1ccccc1O. The number of benzene rings is 1. The molecule has 0 aromatic heterocycles. The molecule has 3 N–H and O–H groups in total. The minimum Gasteiger partial charge on any atom is -0.506 e. The van der Waals surface area contributed by atoms with E-state index in [1.54, 1.807) is 12.1 Å². The van der Waals surface area contributed by atoms with Crippen LogP contribution in [0.1, 0.15) is 13.3 Å². The van der Waals surface area contributed by atoms with Crippen molar-refractivity contribution in [2.24, 2.45) is 0 Å². The van der Waals surface area contributed by atoms with E-state index in [0.29, 0.717) is 6.54 Å². The Hall–Kier alpha value is -2.04. The minimum atomic E-state index is -0.782. The number of phenols is 1. The molecule has 5 nitrogen and oxygen atoms in total. The molecule has 0 spiro atoms. The molecule has 0 bridgehead atoms. The lowest BCUT2D eigenvalue weighted by molar-refractivity contribution is -0.136.